The van der Waals surface area contributed by atoms with E-state index in [1.165, 1.54) is 4.90 Å². The minimum atomic E-state index is -0.266. The largest absolute Gasteiger partial charge is 0.331 e. The highest BCUT2D eigenvalue weighted by molar-refractivity contribution is 6.30. The maximum atomic E-state index is 12.7. The molecule has 2 aromatic rings. The van der Waals surface area contributed by atoms with E-state index in [0.29, 0.717) is 11.6 Å². The Morgan fingerprint density at radius 2 is 1.70 bits per heavy atom. The third-order valence-corrected chi connectivity index (χ3v) is 4.85. The molecule has 0 saturated heterocycles. The van der Waals surface area contributed by atoms with Gasteiger partial charge in [0.2, 0.25) is 5.91 Å². The molecule has 0 bridgehead atoms. The summed E-state index contributed by atoms with van der Waals surface area (Å²) in [6.07, 6.45) is 0. The van der Waals surface area contributed by atoms with Gasteiger partial charge in [-0.1, -0.05) is 41.4 Å². The Balaban J connectivity index is 1.87. The lowest BCUT2D eigenvalue weighted by atomic mass is 10.2. The third-order valence-electron chi connectivity index (χ3n) is 4.60. The first-order valence-electron chi connectivity index (χ1n) is 8.94. The Morgan fingerprint density at radius 3 is 2.30 bits per heavy atom. The van der Waals surface area contributed by atoms with Crippen LogP contribution in [0.3, 0.4) is 0 Å². The lowest BCUT2D eigenvalue weighted by Crippen LogP contribution is -3.12. The molecule has 0 saturated carbocycles. The molecule has 2 amide bonds. The molecule has 144 valence electrons. The molecule has 27 heavy (non-hydrogen) atoms. The first-order valence-corrected chi connectivity index (χ1v) is 9.32. The van der Waals surface area contributed by atoms with Crippen molar-refractivity contribution in [2.75, 3.05) is 26.0 Å². The van der Waals surface area contributed by atoms with Crippen molar-refractivity contribution in [3.8, 4) is 0 Å². The summed E-state index contributed by atoms with van der Waals surface area (Å²) in [5.41, 5.74) is 2.96. The van der Waals surface area contributed by atoms with Crippen molar-refractivity contribution in [2.24, 2.45) is 0 Å². The number of hydrogen-bond donors (Lipinski definition) is 2. The van der Waals surface area contributed by atoms with Crippen molar-refractivity contribution in [3.05, 3.63) is 64.7 Å². The van der Waals surface area contributed by atoms with Gasteiger partial charge in [0.25, 0.3) is 5.91 Å². The summed E-state index contributed by atoms with van der Waals surface area (Å²) in [7, 11) is 3.63. The number of halogens is 1. The molecular weight excluding hydrogens is 362 g/mol. The second kappa shape index (κ2) is 9.53. The molecule has 0 fully saturated rings. The van der Waals surface area contributed by atoms with E-state index in [1.807, 2.05) is 69.4 Å². The first-order chi connectivity index (χ1) is 12.8. The van der Waals surface area contributed by atoms with Crippen molar-refractivity contribution in [1.29, 1.82) is 0 Å². The van der Waals surface area contributed by atoms with Crippen LogP contribution in [0.1, 0.15) is 18.1 Å². The number of rotatable bonds is 7. The van der Waals surface area contributed by atoms with Crippen molar-refractivity contribution in [1.82, 2.24) is 4.90 Å². The average Bonchev–Trinajstić information content (AvgIpc) is 2.64. The topological polar surface area (TPSA) is 53.9 Å². The maximum Gasteiger partial charge on any atom is 0.280 e. The van der Waals surface area contributed by atoms with Crippen LogP contribution in [0, 0.1) is 6.92 Å². The summed E-state index contributed by atoms with van der Waals surface area (Å²) >= 11 is 5.91. The van der Waals surface area contributed by atoms with Crippen LogP contribution in [0.2, 0.25) is 5.02 Å². The van der Waals surface area contributed by atoms with Crippen LogP contribution < -0.4 is 10.2 Å². The van der Waals surface area contributed by atoms with Crippen LogP contribution in [0.4, 0.5) is 5.69 Å². The lowest BCUT2D eigenvalue weighted by molar-refractivity contribution is -0.908. The number of amides is 2. The fourth-order valence-corrected chi connectivity index (χ4v) is 2.88. The number of aryl methyl sites for hydroxylation is 1. The zero-order chi connectivity index (χ0) is 20.0. The van der Waals surface area contributed by atoms with Gasteiger partial charge in [-0.05, 0) is 38.1 Å². The molecule has 6 heteroatoms. The molecule has 0 aromatic heterocycles. The molecule has 1 unspecified atom stereocenters. The summed E-state index contributed by atoms with van der Waals surface area (Å²) in [5.74, 6) is -0.280. The zero-order valence-electron chi connectivity index (χ0n) is 16.3. The van der Waals surface area contributed by atoms with Gasteiger partial charge in [0.1, 0.15) is 6.54 Å². The van der Waals surface area contributed by atoms with E-state index in [0.717, 1.165) is 21.7 Å². The van der Waals surface area contributed by atoms with Crippen LogP contribution in [0.15, 0.2) is 48.5 Å². The Kier molecular flexibility index (Phi) is 7.39. The van der Waals surface area contributed by atoms with E-state index in [1.54, 1.807) is 7.05 Å². The number of benzene rings is 2. The van der Waals surface area contributed by atoms with Crippen molar-refractivity contribution >= 4 is 29.1 Å². The van der Waals surface area contributed by atoms with E-state index in [2.05, 4.69) is 5.32 Å². The molecule has 2 atom stereocenters. The fourth-order valence-electron chi connectivity index (χ4n) is 2.75. The van der Waals surface area contributed by atoms with Crippen LogP contribution in [0.25, 0.3) is 0 Å². The Morgan fingerprint density at radius 1 is 1.11 bits per heavy atom. The zero-order valence-corrected chi connectivity index (χ0v) is 17.0. The van der Waals surface area contributed by atoms with Crippen molar-refractivity contribution < 1.29 is 14.5 Å². The van der Waals surface area contributed by atoms with Crippen LogP contribution >= 0.6 is 11.6 Å². The normalized spacial score (nSPS) is 12.9. The molecule has 0 radical (unpaired) electrons. The van der Waals surface area contributed by atoms with E-state index in [-0.39, 0.29) is 24.4 Å². The highest BCUT2D eigenvalue weighted by atomic mass is 35.5. The summed E-state index contributed by atoms with van der Waals surface area (Å²) in [6, 6.07) is 14.9. The summed E-state index contributed by atoms with van der Waals surface area (Å²) < 4.78 is 0. The number of nitrogens with zero attached hydrogens (tertiary/aromatic N) is 1. The van der Waals surface area contributed by atoms with E-state index < -0.39 is 0 Å². The average molecular weight is 389 g/mol. The molecule has 0 aliphatic carbocycles. The van der Waals surface area contributed by atoms with Gasteiger partial charge in [0.15, 0.2) is 6.04 Å². The smallest absolute Gasteiger partial charge is 0.280 e. The Hall–Kier alpha value is -2.37. The van der Waals surface area contributed by atoms with Crippen LogP contribution in [-0.4, -0.2) is 43.4 Å². The number of carbonyl (C=O) groups is 2. The number of anilines is 1. The van der Waals surface area contributed by atoms with Crippen molar-refractivity contribution in [3.63, 3.8) is 0 Å². The Bertz CT molecular complexity index is 775. The van der Waals surface area contributed by atoms with Gasteiger partial charge < -0.3 is 15.1 Å². The minimum Gasteiger partial charge on any atom is -0.331 e. The Labute approximate surface area is 165 Å². The molecule has 0 heterocycles. The monoisotopic (exact) mass is 388 g/mol. The molecule has 0 spiro atoms. The minimum absolute atomic E-state index is 0.0191. The molecule has 5 nitrogen and oxygen atoms in total. The van der Waals surface area contributed by atoms with Gasteiger partial charge in [-0.25, -0.2) is 0 Å². The first kappa shape index (κ1) is 20.9. The van der Waals surface area contributed by atoms with Gasteiger partial charge in [0.05, 0.1) is 13.6 Å². The third kappa shape index (κ3) is 6.38. The van der Waals surface area contributed by atoms with Crippen LogP contribution in [-0.2, 0) is 16.1 Å². The summed E-state index contributed by atoms with van der Waals surface area (Å²) in [4.78, 5) is 27.4. The molecular formula is C21H27ClN3O2+. The predicted molar refractivity (Wildman–Crippen MR) is 109 cm³/mol. The van der Waals surface area contributed by atoms with Gasteiger partial charge in [-0.3, -0.25) is 9.59 Å². The highest BCUT2D eigenvalue weighted by Gasteiger charge is 2.26. The molecule has 2 N–H and O–H groups in total. The number of quaternary nitrogens is 1. The second-order valence-electron chi connectivity index (χ2n) is 6.98. The van der Waals surface area contributed by atoms with E-state index in [9.17, 15) is 9.59 Å². The van der Waals surface area contributed by atoms with E-state index in [4.69, 9.17) is 11.6 Å². The quantitative estimate of drug-likeness (QED) is 0.763. The molecule has 2 aromatic carbocycles. The fraction of sp³-hybridized carbons (Fsp3) is 0.333. The SMILES string of the molecule is Cc1ccc(NC(=O)CN(C)C(=O)[C@@H](C)[NH+](C)Cc2ccc(Cl)cc2)cc1. The highest BCUT2D eigenvalue weighted by Crippen LogP contribution is 2.09. The van der Waals surface area contributed by atoms with E-state index >= 15 is 0 Å². The van der Waals surface area contributed by atoms with Gasteiger partial charge in [-0.2, -0.15) is 0 Å². The number of likely N-dealkylation sites (N-methyl/N-ethyl adjacent to an activating group) is 2. The second-order valence-corrected chi connectivity index (χ2v) is 7.42. The van der Waals surface area contributed by atoms with Gasteiger partial charge in [0, 0.05) is 23.3 Å². The van der Waals surface area contributed by atoms with Gasteiger partial charge in [-0.15, -0.1) is 0 Å². The maximum absolute atomic E-state index is 12.7. The number of nitrogens with one attached hydrogen (secondary N) is 2. The van der Waals surface area contributed by atoms with Gasteiger partial charge >= 0.3 is 0 Å². The molecule has 0 aliphatic heterocycles. The summed E-state index contributed by atoms with van der Waals surface area (Å²) in [6.45, 7) is 4.59. The predicted octanol–water partition coefficient (Wildman–Crippen LogP) is 2.15. The van der Waals surface area contributed by atoms with Crippen LogP contribution in [0.5, 0.6) is 0 Å². The molecule has 0 aliphatic rings. The standard InChI is InChI=1S/C21H26ClN3O2/c1-15-5-11-19(12-6-15)23-20(26)14-25(4)21(27)16(2)24(3)13-17-7-9-18(22)10-8-17/h5-12,16H,13-14H2,1-4H3,(H,23,26)/p+1/t16-/m1/s1. The summed E-state index contributed by atoms with van der Waals surface area (Å²) in [5, 5.41) is 3.51. The van der Waals surface area contributed by atoms with Crippen molar-refractivity contribution in [2.45, 2.75) is 26.4 Å². The number of carbonyl (C=O) groups excluding carboxylic acids is 2. The number of hydrogen-bond acceptors (Lipinski definition) is 2. The molecule has 2 rings (SSSR count). The lowest BCUT2D eigenvalue weighted by Gasteiger charge is -2.25.